The monoisotopic (exact) mass is 450 g/mol. The molecule has 0 fully saturated rings. The van der Waals surface area contributed by atoms with Gasteiger partial charge in [0.1, 0.15) is 23.0 Å². The van der Waals surface area contributed by atoms with E-state index in [-0.39, 0.29) is 29.0 Å². The number of carbonyl (C=O) groups is 1. The molecular weight excluding hydrogens is 435 g/mol. The van der Waals surface area contributed by atoms with Crippen LogP contribution < -0.4 is 5.56 Å². The summed E-state index contributed by atoms with van der Waals surface area (Å²) in [6.07, 6.45) is 0. The SMILES string of the molecule is Cc1c(C(=O)c2oc3ccc(Cl)cc3c2C)c(O)n(Cc2ccc(F)cc2)c(=O)c1C#N. The number of carbonyl (C=O) groups excluding carboxylic acids is 1. The number of nitriles is 1. The number of fused-ring (bicyclic) bond motifs is 1. The Bertz CT molecular complexity index is 1490. The van der Waals surface area contributed by atoms with E-state index in [1.54, 1.807) is 25.1 Å². The predicted octanol–water partition coefficient (Wildman–Crippen LogP) is 4.86. The molecule has 32 heavy (non-hydrogen) atoms. The Morgan fingerprint density at radius 3 is 2.53 bits per heavy atom. The summed E-state index contributed by atoms with van der Waals surface area (Å²) in [5.74, 6) is -1.76. The minimum Gasteiger partial charge on any atom is -0.494 e. The van der Waals surface area contributed by atoms with Gasteiger partial charge in [0.05, 0.1) is 12.1 Å². The van der Waals surface area contributed by atoms with Crippen molar-refractivity contribution in [1.82, 2.24) is 4.57 Å². The van der Waals surface area contributed by atoms with Crippen molar-refractivity contribution in [3.63, 3.8) is 0 Å². The Labute approximate surface area is 186 Å². The molecule has 1 N–H and O–H groups in total. The van der Waals surface area contributed by atoms with Gasteiger partial charge in [-0.25, -0.2) is 4.39 Å². The first-order valence-corrected chi connectivity index (χ1v) is 9.95. The fraction of sp³-hybridized carbons (Fsp3) is 0.125. The summed E-state index contributed by atoms with van der Waals surface area (Å²) >= 11 is 6.05. The second-order valence-corrected chi connectivity index (χ2v) is 7.79. The van der Waals surface area contributed by atoms with Gasteiger partial charge in [0, 0.05) is 16.0 Å². The number of nitrogens with zero attached hydrogens (tertiary/aromatic N) is 2. The average Bonchev–Trinajstić information content (AvgIpc) is 3.08. The standard InChI is InChI=1S/C24H16ClFN2O4/c1-12-18(10-27)23(30)28(11-14-3-6-16(26)7-4-14)24(31)20(12)21(29)22-13(2)17-9-15(25)5-8-19(17)32-22/h3-9,31H,11H2,1-2H3. The Morgan fingerprint density at radius 2 is 1.88 bits per heavy atom. The van der Waals surface area contributed by atoms with Crippen LogP contribution in [0.4, 0.5) is 4.39 Å². The Kier molecular flexibility index (Phi) is 5.33. The maximum Gasteiger partial charge on any atom is 0.271 e. The predicted molar refractivity (Wildman–Crippen MR) is 117 cm³/mol. The topological polar surface area (TPSA) is 96.2 Å². The van der Waals surface area contributed by atoms with E-state index in [0.717, 1.165) is 4.57 Å². The molecule has 4 aromatic rings. The summed E-state index contributed by atoms with van der Waals surface area (Å²) in [6, 6.07) is 12.1. The molecule has 0 spiro atoms. The van der Waals surface area contributed by atoms with E-state index in [9.17, 15) is 24.3 Å². The second kappa shape index (κ2) is 7.98. The molecule has 8 heteroatoms. The van der Waals surface area contributed by atoms with E-state index in [4.69, 9.17) is 16.0 Å². The van der Waals surface area contributed by atoms with Crippen LogP contribution in [0.15, 0.2) is 51.7 Å². The fourth-order valence-electron chi connectivity index (χ4n) is 3.67. The highest BCUT2D eigenvalue weighted by Crippen LogP contribution is 2.32. The maximum absolute atomic E-state index is 13.4. The quantitative estimate of drug-likeness (QED) is 0.448. The largest absolute Gasteiger partial charge is 0.494 e. The second-order valence-electron chi connectivity index (χ2n) is 7.35. The van der Waals surface area contributed by atoms with Crippen molar-refractivity contribution in [2.75, 3.05) is 0 Å². The molecule has 4 rings (SSSR count). The minimum atomic E-state index is -0.753. The highest BCUT2D eigenvalue weighted by Gasteiger charge is 2.28. The number of benzene rings is 2. The van der Waals surface area contributed by atoms with Crippen LogP contribution in [-0.2, 0) is 6.54 Å². The zero-order valence-electron chi connectivity index (χ0n) is 17.1. The molecule has 0 radical (unpaired) electrons. The molecule has 6 nitrogen and oxygen atoms in total. The molecular formula is C24H16ClFN2O4. The summed E-state index contributed by atoms with van der Waals surface area (Å²) in [5, 5.41) is 21.6. The summed E-state index contributed by atoms with van der Waals surface area (Å²) in [6.45, 7) is 2.94. The maximum atomic E-state index is 13.4. The lowest BCUT2D eigenvalue weighted by Crippen LogP contribution is -2.27. The molecule has 2 aromatic carbocycles. The van der Waals surface area contributed by atoms with Crippen LogP contribution in [0.1, 0.15) is 38.4 Å². The number of hydrogen-bond acceptors (Lipinski definition) is 5. The lowest BCUT2D eigenvalue weighted by Gasteiger charge is -2.15. The molecule has 2 heterocycles. The van der Waals surface area contributed by atoms with Crippen LogP contribution in [-0.4, -0.2) is 15.5 Å². The van der Waals surface area contributed by atoms with Gasteiger partial charge in [-0.3, -0.25) is 14.2 Å². The van der Waals surface area contributed by atoms with E-state index in [2.05, 4.69) is 0 Å². The first-order valence-electron chi connectivity index (χ1n) is 9.57. The van der Waals surface area contributed by atoms with Crippen molar-refractivity contribution in [3.8, 4) is 11.9 Å². The van der Waals surface area contributed by atoms with Gasteiger partial charge in [-0.2, -0.15) is 5.26 Å². The van der Waals surface area contributed by atoms with E-state index in [1.807, 2.05) is 6.07 Å². The molecule has 0 aliphatic rings. The number of pyridine rings is 1. The normalized spacial score (nSPS) is 11.0. The van der Waals surface area contributed by atoms with Crippen LogP contribution in [0.3, 0.4) is 0 Å². The first-order chi connectivity index (χ1) is 15.2. The Balaban J connectivity index is 1.91. The van der Waals surface area contributed by atoms with Crippen molar-refractivity contribution in [1.29, 1.82) is 5.26 Å². The van der Waals surface area contributed by atoms with Crippen LogP contribution >= 0.6 is 11.6 Å². The van der Waals surface area contributed by atoms with Gasteiger partial charge in [0.25, 0.3) is 5.56 Å². The van der Waals surface area contributed by atoms with E-state index >= 15 is 0 Å². The zero-order chi connectivity index (χ0) is 23.2. The molecule has 0 aliphatic heterocycles. The number of halogens is 2. The number of aromatic hydroxyl groups is 1. The highest BCUT2D eigenvalue weighted by molar-refractivity contribution is 6.31. The summed E-state index contributed by atoms with van der Waals surface area (Å²) in [4.78, 5) is 26.3. The van der Waals surface area contributed by atoms with E-state index < -0.39 is 23.0 Å². The molecule has 0 bridgehead atoms. The first kappa shape index (κ1) is 21.3. The highest BCUT2D eigenvalue weighted by atomic mass is 35.5. The van der Waals surface area contributed by atoms with Gasteiger partial charge in [-0.05, 0) is 55.3 Å². The number of aryl methyl sites for hydroxylation is 1. The fourth-order valence-corrected chi connectivity index (χ4v) is 3.84. The van der Waals surface area contributed by atoms with Gasteiger partial charge in [-0.1, -0.05) is 23.7 Å². The van der Waals surface area contributed by atoms with Gasteiger partial charge in [0.15, 0.2) is 5.76 Å². The van der Waals surface area contributed by atoms with Crippen LogP contribution in [0.2, 0.25) is 5.02 Å². The summed E-state index contributed by atoms with van der Waals surface area (Å²) < 4.78 is 19.9. The van der Waals surface area contributed by atoms with E-state index in [0.29, 0.717) is 27.1 Å². The number of hydrogen-bond donors (Lipinski definition) is 1. The molecule has 0 atom stereocenters. The lowest BCUT2D eigenvalue weighted by atomic mass is 9.98. The van der Waals surface area contributed by atoms with Crippen molar-refractivity contribution in [2.24, 2.45) is 0 Å². The van der Waals surface area contributed by atoms with Gasteiger partial charge < -0.3 is 9.52 Å². The third-order valence-electron chi connectivity index (χ3n) is 5.39. The minimum absolute atomic E-state index is 0.0310. The number of rotatable bonds is 4. The van der Waals surface area contributed by atoms with Crippen LogP contribution in [0, 0.1) is 31.0 Å². The molecule has 2 aromatic heterocycles. The van der Waals surface area contributed by atoms with Crippen LogP contribution in [0.5, 0.6) is 5.88 Å². The lowest BCUT2D eigenvalue weighted by molar-refractivity contribution is 0.101. The van der Waals surface area contributed by atoms with E-state index in [1.165, 1.54) is 31.2 Å². The van der Waals surface area contributed by atoms with Gasteiger partial charge in [0.2, 0.25) is 11.7 Å². The molecule has 160 valence electrons. The third kappa shape index (κ3) is 3.45. The van der Waals surface area contributed by atoms with Gasteiger partial charge in [-0.15, -0.1) is 0 Å². The summed E-state index contributed by atoms with van der Waals surface area (Å²) in [5.41, 5.74) is 0.268. The number of aromatic nitrogens is 1. The molecule has 0 saturated carbocycles. The smallest absolute Gasteiger partial charge is 0.271 e. The molecule has 0 unspecified atom stereocenters. The molecule has 0 saturated heterocycles. The molecule has 0 aliphatic carbocycles. The van der Waals surface area contributed by atoms with Crippen molar-refractivity contribution >= 4 is 28.4 Å². The van der Waals surface area contributed by atoms with Crippen molar-refractivity contribution < 1.29 is 18.7 Å². The van der Waals surface area contributed by atoms with Gasteiger partial charge >= 0.3 is 0 Å². The number of ketones is 1. The zero-order valence-corrected chi connectivity index (χ0v) is 17.8. The van der Waals surface area contributed by atoms with Crippen LogP contribution in [0.25, 0.3) is 11.0 Å². The molecule has 0 amide bonds. The Morgan fingerprint density at radius 1 is 1.19 bits per heavy atom. The van der Waals surface area contributed by atoms with Crippen molar-refractivity contribution in [3.05, 3.63) is 97.2 Å². The number of furan rings is 1. The summed E-state index contributed by atoms with van der Waals surface area (Å²) in [7, 11) is 0. The Hall–Kier alpha value is -3.89. The average molecular weight is 451 g/mol. The van der Waals surface area contributed by atoms with Crippen molar-refractivity contribution in [2.45, 2.75) is 20.4 Å². The third-order valence-corrected chi connectivity index (χ3v) is 5.62.